The summed E-state index contributed by atoms with van der Waals surface area (Å²) in [6.45, 7) is 3.25. The minimum Gasteiger partial charge on any atom is -0.463 e. The number of fused-ring (bicyclic) bond motifs is 1. The number of rotatable bonds is 5. The SMILES string of the molecule is CCOC(=O)C1=C(C)N(c2cccc(CF)c2)c2nccn2[C@@H]1c1ccc(C#N)cc1. The molecular formula is C24H21FN4O2. The number of carbonyl (C=O) groups is 1. The topological polar surface area (TPSA) is 71.2 Å². The van der Waals surface area contributed by atoms with Crippen molar-refractivity contribution in [3.63, 3.8) is 0 Å². The maximum absolute atomic E-state index is 13.3. The van der Waals surface area contributed by atoms with Gasteiger partial charge in [-0.15, -0.1) is 0 Å². The molecule has 156 valence electrons. The van der Waals surface area contributed by atoms with E-state index in [4.69, 9.17) is 10.00 Å². The van der Waals surface area contributed by atoms with Gasteiger partial charge in [0.05, 0.1) is 29.9 Å². The summed E-state index contributed by atoms with van der Waals surface area (Å²) in [6, 6.07) is 15.8. The Morgan fingerprint density at radius 1 is 1.26 bits per heavy atom. The summed E-state index contributed by atoms with van der Waals surface area (Å²) in [5.41, 5.74) is 3.73. The van der Waals surface area contributed by atoms with Gasteiger partial charge in [0.2, 0.25) is 5.95 Å². The average molecular weight is 416 g/mol. The lowest BCUT2D eigenvalue weighted by atomic mass is 9.94. The van der Waals surface area contributed by atoms with Crippen LogP contribution in [0.2, 0.25) is 0 Å². The fourth-order valence-electron chi connectivity index (χ4n) is 3.91. The average Bonchev–Trinajstić information content (AvgIpc) is 3.27. The molecule has 6 nitrogen and oxygen atoms in total. The third kappa shape index (κ3) is 3.57. The lowest BCUT2D eigenvalue weighted by Gasteiger charge is -2.36. The standard InChI is InChI=1S/C24H21FN4O2/c1-3-31-23(30)21-16(2)29(20-6-4-5-18(13-20)14-25)24-27-11-12-28(24)22(21)19-9-7-17(15-26)8-10-19/h4-13,22H,3,14H2,1-2H3/t22-/m1/s1. The van der Waals surface area contributed by atoms with E-state index in [0.29, 0.717) is 34.0 Å². The number of alkyl halides is 1. The van der Waals surface area contributed by atoms with Gasteiger partial charge in [0, 0.05) is 23.8 Å². The quantitative estimate of drug-likeness (QED) is 0.559. The number of nitriles is 1. The van der Waals surface area contributed by atoms with E-state index in [9.17, 15) is 9.18 Å². The van der Waals surface area contributed by atoms with Crippen LogP contribution in [0.3, 0.4) is 0 Å². The summed E-state index contributed by atoms with van der Waals surface area (Å²) >= 11 is 0. The highest BCUT2D eigenvalue weighted by Crippen LogP contribution is 2.42. The summed E-state index contributed by atoms with van der Waals surface area (Å²) in [4.78, 5) is 19.5. The van der Waals surface area contributed by atoms with Crippen LogP contribution in [0.5, 0.6) is 0 Å². The van der Waals surface area contributed by atoms with Crippen molar-refractivity contribution in [2.75, 3.05) is 11.5 Å². The first-order chi connectivity index (χ1) is 15.1. The highest BCUT2D eigenvalue weighted by molar-refractivity contribution is 5.93. The maximum atomic E-state index is 13.3. The summed E-state index contributed by atoms with van der Waals surface area (Å²) < 4.78 is 20.6. The van der Waals surface area contributed by atoms with Gasteiger partial charge < -0.3 is 9.30 Å². The molecule has 0 unspecified atom stereocenters. The van der Waals surface area contributed by atoms with Crippen LogP contribution in [0.4, 0.5) is 16.0 Å². The summed E-state index contributed by atoms with van der Waals surface area (Å²) in [5, 5.41) is 9.14. The van der Waals surface area contributed by atoms with Gasteiger partial charge in [0.15, 0.2) is 0 Å². The summed E-state index contributed by atoms with van der Waals surface area (Å²) in [5.74, 6) is 0.177. The Morgan fingerprint density at radius 2 is 2.03 bits per heavy atom. The van der Waals surface area contributed by atoms with Crippen LogP contribution in [0.1, 0.15) is 36.6 Å². The monoisotopic (exact) mass is 416 g/mol. The normalized spacial score (nSPS) is 15.4. The first-order valence-electron chi connectivity index (χ1n) is 9.94. The predicted octanol–water partition coefficient (Wildman–Crippen LogP) is 4.80. The molecule has 2 heterocycles. The predicted molar refractivity (Wildman–Crippen MR) is 114 cm³/mol. The van der Waals surface area contributed by atoms with Crippen LogP contribution in [-0.2, 0) is 16.2 Å². The number of nitrogens with zero attached hydrogens (tertiary/aromatic N) is 4. The molecule has 0 N–H and O–H groups in total. The van der Waals surface area contributed by atoms with Crippen LogP contribution >= 0.6 is 0 Å². The highest BCUT2D eigenvalue weighted by Gasteiger charge is 2.37. The van der Waals surface area contributed by atoms with Gasteiger partial charge in [-0.05, 0) is 49.2 Å². The van der Waals surface area contributed by atoms with Crippen molar-refractivity contribution in [2.24, 2.45) is 0 Å². The van der Waals surface area contributed by atoms with Crippen LogP contribution in [0, 0.1) is 11.3 Å². The maximum Gasteiger partial charge on any atom is 0.338 e. The van der Waals surface area contributed by atoms with Gasteiger partial charge in [-0.1, -0.05) is 24.3 Å². The van der Waals surface area contributed by atoms with Crippen molar-refractivity contribution in [1.82, 2.24) is 9.55 Å². The van der Waals surface area contributed by atoms with Crippen molar-refractivity contribution < 1.29 is 13.9 Å². The molecule has 1 aliphatic heterocycles. The molecule has 0 bridgehead atoms. The minimum absolute atomic E-state index is 0.240. The van der Waals surface area contributed by atoms with Crippen molar-refractivity contribution >= 4 is 17.6 Å². The van der Waals surface area contributed by atoms with E-state index in [1.807, 2.05) is 34.6 Å². The van der Waals surface area contributed by atoms with Crippen molar-refractivity contribution in [3.05, 3.63) is 88.9 Å². The Balaban J connectivity index is 1.93. The first kappa shape index (κ1) is 20.4. The molecule has 1 atom stereocenters. The number of aromatic nitrogens is 2. The van der Waals surface area contributed by atoms with E-state index in [0.717, 1.165) is 5.56 Å². The third-order valence-electron chi connectivity index (χ3n) is 5.30. The van der Waals surface area contributed by atoms with Crippen molar-refractivity contribution in [3.8, 4) is 6.07 Å². The Morgan fingerprint density at radius 3 is 2.71 bits per heavy atom. The fraction of sp³-hybridized carbons (Fsp3) is 0.208. The zero-order valence-corrected chi connectivity index (χ0v) is 17.2. The van der Waals surface area contributed by atoms with Crippen molar-refractivity contribution in [1.29, 1.82) is 5.26 Å². The zero-order chi connectivity index (χ0) is 22.0. The number of esters is 1. The van der Waals surface area contributed by atoms with Gasteiger partial charge in [-0.25, -0.2) is 14.2 Å². The number of hydrogen-bond donors (Lipinski definition) is 0. The smallest absolute Gasteiger partial charge is 0.338 e. The lowest BCUT2D eigenvalue weighted by Crippen LogP contribution is -2.33. The van der Waals surface area contributed by atoms with E-state index < -0.39 is 18.7 Å². The molecule has 0 spiro atoms. The second-order valence-corrected chi connectivity index (χ2v) is 7.13. The molecule has 4 rings (SSSR count). The molecule has 7 heteroatoms. The van der Waals surface area contributed by atoms with Gasteiger partial charge in [0.25, 0.3) is 0 Å². The molecule has 2 aromatic carbocycles. The van der Waals surface area contributed by atoms with Gasteiger partial charge in [0.1, 0.15) is 6.67 Å². The Bertz CT molecular complexity index is 1190. The number of anilines is 2. The summed E-state index contributed by atoms with van der Waals surface area (Å²) in [6.07, 6.45) is 3.47. The molecule has 0 saturated heterocycles. The molecular weight excluding hydrogens is 395 g/mol. The highest BCUT2D eigenvalue weighted by atomic mass is 19.1. The molecule has 0 amide bonds. The molecule has 0 aliphatic carbocycles. The van der Waals surface area contributed by atoms with E-state index in [1.165, 1.54) is 0 Å². The molecule has 0 fully saturated rings. The van der Waals surface area contributed by atoms with Crippen molar-refractivity contribution in [2.45, 2.75) is 26.6 Å². The number of benzene rings is 2. The first-order valence-corrected chi connectivity index (χ1v) is 9.94. The summed E-state index contributed by atoms with van der Waals surface area (Å²) in [7, 11) is 0. The van der Waals surface area contributed by atoms with Crippen LogP contribution in [-0.4, -0.2) is 22.1 Å². The van der Waals surface area contributed by atoms with E-state index in [2.05, 4.69) is 11.1 Å². The Kier molecular flexibility index (Phi) is 5.54. The van der Waals surface area contributed by atoms with E-state index in [1.54, 1.807) is 49.6 Å². The minimum atomic E-state index is -0.586. The second-order valence-electron chi connectivity index (χ2n) is 7.13. The van der Waals surface area contributed by atoms with E-state index >= 15 is 0 Å². The molecule has 0 radical (unpaired) electrons. The van der Waals surface area contributed by atoms with Crippen LogP contribution in [0.15, 0.2) is 72.2 Å². The van der Waals surface area contributed by atoms with Crippen LogP contribution < -0.4 is 4.90 Å². The number of allylic oxidation sites excluding steroid dienone is 1. The number of carbonyl (C=O) groups excluding carboxylic acids is 1. The number of imidazole rings is 1. The zero-order valence-electron chi connectivity index (χ0n) is 17.2. The molecule has 1 aliphatic rings. The fourth-order valence-corrected chi connectivity index (χ4v) is 3.91. The van der Waals surface area contributed by atoms with E-state index in [-0.39, 0.29) is 6.61 Å². The lowest BCUT2D eigenvalue weighted by molar-refractivity contribution is -0.139. The van der Waals surface area contributed by atoms with Crippen LogP contribution in [0.25, 0.3) is 0 Å². The molecule has 3 aromatic rings. The molecule has 31 heavy (non-hydrogen) atoms. The van der Waals surface area contributed by atoms with Gasteiger partial charge in [-0.2, -0.15) is 5.26 Å². The largest absolute Gasteiger partial charge is 0.463 e. The molecule has 0 saturated carbocycles. The molecule has 1 aromatic heterocycles. The second kappa shape index (κ2) is 8.44. The Labute approximate surface area is 179 Å². The number of ether oxygens (including phenoxy) is 1. The Hall–Kier alpha value is -3.92. The van der Waals surface area contributed by atoms with Gasteiger partial charge in [-0.3, -0.25) is 4.90 Å². The van der Waals surface area contributed by atoms with Gasteiger partial charge >= 0.3 is 5.97 Å². The number of hydrogen-bond acceptors (Lipinski definition) is 5. The number of halogens is 1. The third-order valence-corrected chi connectivity index (χ3v) is 5.30.